The van der Waals surface area contributed by atoms with Crippen LogP contribution in [-0.4, -0.2) is 23.2 Å². The molecule has 0 amide bonds. The molecule has 0 saturated heterocycles. The van der Waals surface area contributed by atoms with Crippen LogP contribution in [0, 0.1) is 47.2 Å². The Hall–Kier alpha value is -0.346. The van der Waals surface area contributed by atoms with Gasteiger partial charge in [0.2, 0.25) is 5.88 Å². The van der Waals surface area contributed by atoms with Crippen LogP contribution in [0.3, 0.4) is 0 Å². The Morgan fingerprint density at radius 1 is 1.56 bits per heavy atom. The van der Waals surface area contributed by atoms with Crippen LogP contribution < -0.4 is 4.74 Å². The van der Waals surface area contributed by atoms with Crippen LogP contribution in [0.5, 0.6) is 5.88 Å². The zero-order chi connectivity index (χ0) is 11.3. The summed E-state index contributed by atoms with van der Waals surface area (Å²) < 4.78 is 4.97. The minimum Gasteiger partial charge on any atom is -0.503 e. The summed E-state index contributed by atoms with van der Waals surface area (Å²) in [4.78, 5) is 14.8. The van der Waals surface area contributed by atoms with E-state index in [0.717, 1.165) is 5.69 Å². The number of methoxy groups -OCH3 is 1. The van der Waals surface area contributed by atoms with Gasteiger partial charge in [0.1, 0.15) is 0 Å². The Labute approximate surface area is 128 Å². The molecule has 1 N–H and O–H groups in total. The normalized spacial score (nSPS) is 9.12. The molecule has 0 aromatic carbocycles. The Balaban J connectivity index is 0.00000225. The Kier molecular flexibility index (Phi) is 7.68. The summed E-state index contributed by atoms with van der Waals surface area (Å²) in [5.41, 5.74) is 0.843. The third kappa shape index (κ3) is 5.12. The predicted molar refractivity (Wildman–Crippen MR) is 55.7 cm³/mol. The largest absolute Gasteiger partial charge is 0.503 e. The molecule has 1 aromatic rings. The van der Waals surface area contributed by atoms with E-state index >= 15 is 0 Å². The summed E-state index contributed by atoms with van der Waals surface area (Å²) in [7, 11) is 1.56. The molecule has 0 saturated carbocycles. The number of carboxylic acid groups (broad SMARTS) is 1. The number of carboxylic acids is 1. The number of nitrogens with zero attached hydrogens (tertiary/aromatic N) is 1. The molecule has 1 radical (unpaired) electrons. The van der Waals surface area contributed by atoms with E-state index < -0.39 is 5.97 Å². The molecule has 1 aromatic heterocycles. The van der Waals surface area contributed by atoms with Gasteiger partial charge in [-0.25, -0.2) is 4.98 Å². The van der Waals surface area contributed by atoms with Crippen molar-refractivity contribution in [3.8, 4) is 5.88 Å². The summed E-state index contributed by atoms with van der Waals surface area (Å²) >= 11 is 0. The zero-order valence-corrected chi connectivity index (χ0v) is 13.1. The minimum atomic E-state index is -0.849. The average Bonchev–Trinajstić information content (AvgIpc) is 2.26. The van der Waals surface area contributed by atoms with Crippen LogP contribution in [0.1, 0.15) is 19.0 Å². The molecule has 5 heteroatoms. The number of carbonyl (C=O) groups is 1. The summed E-state index contributed by atoms with van der Waals surface area (Å²) in [6.45, 7) is 1.61. The fraction of sp³-hybridized carbons (Fsp3) is 0.364. The van der Waals surface area contributed by atoms with Crippen molar-refractivity contribution in [1.82, 2.24) is 4.98 Å². The van der Waals surface area contributed by atoms with Gasteiger partial charge in [-0.3, -0.25) is 10.7 Å². The maximum atomic E-state index is 10.6. The Bertz CT molecular complexity index is 344. The van der Waals surface area contributed by atoms with Crippen molar-refractivity contribution in [1.29, 1.82) is 0 Å². The van der Waals surface area contributed by atoms with Gasteiger partial charge >= 0.3 is 0 Å². The molecule has 85 valence electrons. The minimum absolute atomic E-state index is 0. The molecule has 4 nitrogen and oxygen atoms in total. The van der Waals surface area contributed by atoms with Crippen LogP contribution in [0.2, 0.25) is 0 Å². The van der Waals surface area contributed by atoms with E-state index in [1.165, 1.54) is 0 Å². The number of ether oxygens (including phenoxy) is 1. The first kappa shape index (κ1) is 15.7. The monoisotopic (exact) mass is 349 g/mol. The molecule has 1 rings (SSSR count). The summed E-state index contributed by atoms with van der Waals surface area (Å²) in [5.74, 6) is 0.151. The van der Waals surface area contributed by atoms with Gasteiger partial charge in [0, 0.05) is 53.1 Å². The van der Waals surface area contributed by atoms with Crippen LogP contribution in [-0.2, 0) is 11.2 Å². The molecule has 0 spiro atoms. The molecule has 0 aliphatic heterocycles. The molecule has 16 heavy (non-hydrogen) atoms. The van der Waals surface area contributed by atoms with Gasteiger partial charge < -0.3 is 9.84 Å². The Morgan fingerprint density at radius 3 is 2.81 bits per heavy atom. The number of aryl methyl sites for hydroxylation is 1. The van der Waals surface area contributed by atoms with Crippen molar-refractivity contribution in [2.45, 2.75) is 19.8 Å². The van der Waals surface area contributed by atoms with Gasteiger partial charge in [-0.2, -0.15) is 13.3 Å². The SMILES string of the molecule is COc1cccc(CC[C-](C)C(=O)O)n1.[Pr]. The molecule has 0 atom stereocenters. The quantitative estimate of drug-likeness (QED) is 0.823. The molecule has 1 heterocycles. The van der Waals surface area contributed by atoms with Crippen molar-refractivity contribution in [3.63, 3.8) is 0 Å². The van der Waals surface area contributed by atoms with Gasteiger partial charge in [0.05, 0.1) is 7.11 Å². The fourth-order valence-corrected chi connectivity index (χ4v) is 1.13. The van der Waals surface area contributed by atoms with Crippen molar-refractivity contribution in [2.75, 3.05) is 7.11 Å². The summed E-state index contributed by atoms with van der Waals surface area (Å²) in [5, 5.41) is 8.68. The Morgan fingerprint density at radius 2 is 2.25 bits per heavy atom. The fourth-order valence-electron chi connectivity index (χ4n) is 1.13. The third-order valence-corrected chi connectivity index (χ3v) is 2.11. The van der Waals surface area contributed by atoms with Gasteiger partial charge in [-0.15, -0.1) is 0 Å². The maximum Gasteiger partial charge on any atom is 0.213 e. The molecular formula is C11H14NO3Pr-. The molecule has 0 aliphatic carbocycles. The topological polar surface area (TPSA) is 59.4 Å². The van der Waals surface area contributed by atoms with Gasteiger partial charge in [-0.05, 0) is 12.5 Å². The van der Waals surface area contributed by atoms with E-state index in [1.807, 2.05) is 12.1 Å². The van der Waals surface area contributed by atoms with Crippen LogP contribution in [0.25, 0.3) is 0 Å². The second kappa shape index (κ2) is 7.85. The molecular weight excluding hydrogens is 335 g/mol. The number of hydrogen-bond donors (Lipinski definition) is 1. The molecule has 0 unspecified atom stereocenters. The van der Waals surface area contributed by atoms with E-state index in [0.29, 0.717) is 24.6 Å². The number of aromatic nitrogens is 1. The first-order valence-corrected chi connectivity index (χ1v) is 4.69. The van der Waals surface area contributed by atoms with Crippen molar-refractivity contribution >= 4 is 5.97 Å². The van der Waals surface area contributed by atoms with E-state index in [1.54, 1.807) is 20.1 Å². The van der Waals surface area contributed by atoms with Crippen molar-refractivity contribution in [3.05, 3.63) is 29.8 Å². The predicted octanol–water partition coefficient (Wildman–Crippen LogP) is 1.70. The van der Waals surface area contributed by atoms with Gasteiger partial charge in [-0.1, -0.05) is 6.07 Å². The zero-order valence-electron chi connectivity index (χ0n) is 9.43. The van der Waals surface area contributed by atoms with E-state index in [-0.39, 0.29) is 41.3 Å². The second-order valence-electron chi connectivity index (χ2n) is 3.26. The third-order valence-electron chi connectivity index (χ3n) is 2.11. The van der Waals surface area contributed by atoms with Crippen molar-refractivity contribution < 1.29 is 55.9 Å². The van der Waals surface area contributed by atoms with Gasteiger partial charge in [0.25, 0.3) is 0 Å². The van der Waals surface area contributed by atoms with Crippen LogP contribution in [0.4, 0.5) is 0 Å². The maximum absolute atomic E-state index is 10.6. The standard InChI is InChI=1S/C11H14NO3.Pr/c1-8(11(13)14)6-7-9-4-3-5-10(12-9)15-2;/h3-5H,6-7H2,1-2H3,(H,13,14);/q-1;. The first-order valence-electron chi connectivity index (χ1n) is 4.69. The number of aliphatic carboxylic acids is 1. The van der Waals surface area contributed by atoms with Crippen LogP contribution >= 0.6 is 0 Å². The number of hydrogen-bond acceptors (Lipinski definition) is 3. The van der Waals surface area contributed by atoms with Gasteiger partial charge in [0.15, 0.2) is 5.97 Å². The summed E-state index contributed by atoms with van der Waals surface area (Å²) in [6, 6.07) is 5.46. The average molecular weight is 349 g/mol. The first-order chi connectivity index (χ1) is 7.13. The smallest absolute Gasteiger partial charge is 0.213 e. The van der Waals surface area contributed by atoms with Crippen molar-refractivity contribution in [2.24, 2.45) is 0 Å². The molecule has 0 bridgehead atoms. The van der Waals surface area contributed by atoms with E-state index in [9.17, 15) is 4.79 Å². The van der Waals surface area contributed by atoms with Crippen LogP contribution in [0.15, 0.2) is 18.2 Å². The summed E-state index contributed by atoms with van der Waals surface area (Å²) in [6.07, 6.45) is 1.13. The number of pyridine rings is 1. The second-order valence-corrected chi connectivity index (χ2v) is 3.26. The van der Waals surface area contributed by atoms with E-state index in [4.69, 9.17) is 9.84 Å². The molecule has 0 fully saturated rings. The molecule has 0 aliphatic rings. The number of rotatable bonds is 5. The van der Waals surface area contributed by atoms with E-state index in [2.05, 4.69) is 4.98 Å².